The molecular weight excluding hydrogens is 216 g/mol. The Bertz CT molecular complexity index is 519. The van der Waals surface area contributed by atoms with Crippen LogP contribution in [0.15, 0.2) is 30.3 Å². The Morgan fingerprint density at radius 1 is 1.35 bits per heavy atom. The van der Waals surface area contributed by atoms with Crippen LogP contribution < -0.4 is 5.73 Å². The summed E-state index contributed by atoms with van der Waals surface area (Å²) in [6.45, 7) is 2.54. The maximum absolute atomic E-state index is 10.8. The van der Waals surface area contributed by atoms with Gasteiger partial charge in [0.1, 0.15) is 0 Å². The van der Waals surface area contributed by atoms with Crippen molar-refractivity contribution in [2.45, 2.75) is 19.9 Å². The molecule has 0 fully saturated rings. The Hall–Kier alpha value is -2.17. The number of carbonyl (C=O) groups excluding carboxylic acids is 1. The molecule has 5 nitrogen and oxygen atoms in total. The van der Waals surface area contributed by atoms with Crippen molar-refractivity contribution in [3.63, 3.8) is 0 Å². The molecule has 0 aliphatic heterocycles. The molecule has 2 rings (SSSR count). The van der Waals surface area contributed by atoms with Crippen LogP contribution in [0, 0.1) is 6.92 Å². The molecule has 0 spiro atoms. The largest absolute Gasteiger partial charge is 0.369 e. The van der Waals surface area contributed by atoms with Gasteiger partial charge in [-0.3, -0.25) is 4.79 Å². The van der Waals surface area contributed by atoms with E-state index < -0.39 is 0 Å². The fourth-order valence-electron chi connectivity index (χ4n) is 1.63. The summed E-state index contributed by atoms with van der Waals surface area (Å²) in [7, 11) is 0. The lowest BCUT2D eigenvalue weighted by atomic mass is 10.2. The van der Waals surface area contributed by atoms with E-state index in [1.165, 1.54) is 0 Å². The number of carbonyl (C=O) groups is 1. The summed E-state index contributed by atoms with van der Waals surface area (Å²) in [4.78, 5) is 10.8. The number of benzene rings is 1. The number of aromatic nitrogens is 3. The van der Waals surface area contributed by atoms with Gasteiger partial charge in [-0.25, -0.2) is 4.68 Å². The van der Waals surface area contributed by atoms with Gasteiger partial charge in [0.15, 0.2) is 0 Å². The minimum absolute atomic E-state index is 0.140. The number of nitrogens with zero attached hydrogens (tertiary/aromatic N) is 3. The smallest absolute Gasteiger partial charge is 0.223 e. The van der Waals surface area contributed by atoms with Crippen molar-refractivity contribution in [3.05, 3.63) is 47.3 Å². The van der Waals surface area contributed by atoms with Gasteiger partial charge < -0.3 is 5.73 Å². The first-order chi connectivity index (χ1) is 8.16. The number of amides is 1. The predicted molar refractivity (Wildman–Crippen MR) is 63.2 cm³/mol. The highest BCUT2D eigenvalue weighted by molar-refractivity contribution is 5.76. The molecule has 17 heavy (non-hydrogen) atoms. The van der Waals surface area contributed by atoms with Crippen molar-refractivity contribution in [2.24, 2.45) is 5.73 Å². The molecule has 0 aliphatic carbocycles. The summed E-state index contributed by atoms with van der Waals surface area (Å²) in [5.41, 5.74) is 7.81. The molecule has 0 bridgehead atoms. The maximum Gasteiger partial charge on any atom is 0.223 e. The highest BCUT2D eigenvalue weighted by Gasteiger charge is 2.10. The summed E-state index contributed by atoms with van der Waals surface area (Å²) in [6.07, 6.45) is 0.140. The highest BCUT2D eigenvalue weighted by atomic mass is 16.1. The van der Waals surface area contributed by atoms with Crippen LogP contribution in [0.2, 0.25) is 0 Å². The highest BCUT2D eigenvalue weighted by Crippen LogP contribution is 2.08. The van der Waals surface area contributed by atoms with Crippen LogP contribution in [0.3, 0.4) is 0 Å². The quantitative estimate of drug-likeness (QED) is 0.838. The first-order valence-electron chi connectivity index (χ1n) is 5.38. The summed E-state index contributed by atoms with van der Waals surface area (Å²) >= 11 is 0. The molecule has 1 aromatic carbocycles. The van der Waals surface area contributed by atoms with E-state index in [9.17, 15) is 4.79 Å². The molecule has 5 heteroatoms. The number of primary amides is 1. The fourth-order valence-corrected chi connectivity index (χ4v) is 1.63. The van der Waals surface area contributed by atoms with Crippen LogP contribution in [-0.2, 0) is 17.8 Å². The van der Waals surface area contributed by atoms with E-state index in [0.717, 1.165) is 11.3 Å². The minimum Gasteiger partial charge on any atom is -0.369 e. The van der Waals surface area contributed by atoms with Crippen molar-refractivity contribution < 1.29 is 4.79 Å². The van der Waals surface area contributed by atoms with Crippen molar-refractivity contribution in [2.75, 3.05) is 0 Å². The zero-order chi connectivity index (χ0) is 12.3. The molecule has 0 saturated carbocycles. The zero-order valence-electron chi connectivity index (χ0n) is 9.63. The third-order valence-corrected chi connectivity index (χ3v) is 2.60. The Kier molecular flexibility index (Phi) is 3.18. The van der Waals surface area contributed by atoms with Gasteiger partial charge in [0.25, 0.3) is 0 Å². The van der Waals surface area contributed by atoms with Gasteiger partial charge in [-0.2, -0.15) is 0 Å². The molecule has 1 amide bonds. The zero-order valence-corrected chi connectivity index (χ0v) is 9.63. The van der Waals surface area contributed by atoms with Gasteiger partial charge >= 0.3 is 0 Å². The average molecular weight is 230 g/mol. The summed E-state index contributed by atoms with van der Waals surface area (Å²) < 4.78 is 1.77. The molecule has 0 unspecified atom stereocenters. The van der Waals surface area contributed by atoms with E-state index in [0.29, 0.717) is 12.2 Å². The van der Waals surface area contributed by atoms with Crippen LogP contribution >= 0.6 is 0 Å². The van der Waals surface area contributed by atoms with Gasteiger partial charge in [0.05, 0.1) is 24.4 Å². The molecule has 0 radical (unpaired) electrons. The molecule has 0 saturated heterocycles. The van der Waals surface area contributed by atoms with Crippen molar-refractivity contribution in [1.82, 2.24) is 15.0 Å². The predicted octanol–water partition coefficient (Wildman–Crippen LogP) is 0.663. The standard InChI is InChI=1S/C12H14N4O/c1-9-11(7-12(13)17)14-15-16(9)8-10-5-3-2-4-6-10/h2-6H,7-8H2,1H3,(H2,13,17). The average Bonchev–Trinajstić information content (AvgIpc) is 2.62. The molecule has 2 N–H and O–H groups in total. The molecule has 1 heterocycles. The minimum atomic E-state index is -0.389. The third kappa shape index (κ3) is 2.69. The van der Waals surface area contributed by atoms with Crippen molar-refractivity contribution >= 4 is 5.91 Å². The second-order valence-electron chi connectivity index (χ2n) is 3.91. The van der Waals surface area contributed by atoms with E-state index in [2.05, 4.69) is 10.3 Å². The van der Waals surface area contributed by atoms with Crippen molar-refractivity contribution in [3.8, 4) is 0 Å². The summed E-state index contributed by atoms with van der Waals surface area (Å²) in [5.74, 6) is -0.389. The Balaban J connectivity index is 2.18. The fraction of sp³-hybridized carbons (Fsp3) is 0.250. The Morgan fingerprint density at radius 2 is 2.06 bits per heavy atom. The van der Waals surface area contributed by atoms with E-state index in [1.807, 2.05) is 37.3 Å². The lowest BCUT2D eigenvalue weighted by molar-refractivity contribution is -0.117. The van der Waals surface area contributed by atoms with Crippen LogP contribution in [0.4, 0.5) is 0 Å². The normalized spacial score (nSPS) is 10.4. The third-order valence-electron chi connectivity index (χ3n) is 2.60. The van der Waals surface area contributed by atoms with E-state index in [1.54, 1.807) is 4.68 Å². The molecule has 88 valence electrons. The summed E-state index contributed by atoms with van der Waals surface area (Å²) in [5, 5.41) is 7.99. The van der Waals surface area contributed by atoms with Crippen LogP contribution in [-0.4, -0.2) is 20.9 Å². The van der Waals surface area contributed by atoms with E-state index in [4.69, 9.17) is 5.73 Å². The monoisotopic (exact) mass is 230 g/mol. The van der Waals surface area contributed by atoms with Gasteiger partial charge in [-0.1, -0.05) is 35.5 Å². The molecular formula is C12H14N4O. The molecule has 0 atom stereocenters. The lowest BCUT2D eigenvalue weighted by Crippen LogP contribution is -2.14. The molecule has 0 aliphatic rings. The van der Waals surface area contributed by atoms with E-state index >= 15 is 0 Å². The second kappa shape index (κ2) is 4.78. The molecule has 2 aromatic rings. The molecule has 1 aromatic heterocycles. The Morgan fingerprint density at radius 3 is 2.71 bits per heavy atom. The SMILES string of the molecule is Cc1c(CC(N)=O)nnn1Cc1ccccc1. The van der Waals surface area contributed by atoms with Gasteiger partial charge in [-0.05, 0) is 12.5 Å². The Labute approximate surface area is 99.2 Å². The number of hydrogen-bond donors (Lipinski definition) is 1. The second-order valence-corrected chi connectivity index (χ2v) is 3.91. The number of rotatable bonds is 4. The van der Waals surface area contributed by atoms with Crippen LogP contribution in [0.5, 0.6) is 0 Å². The van der Waals surface area contributed by atoms with Gasteiger partial charge in [0, 0.05) is 0 Å². The number of nitrogens with two attached hydrogens (primary N) is 1. The first-order valence-corrected chi connectivity index (χ1v) is 5.38. The van der Waals surface area contributed by atoms with Crippen molar-refractivity contribution in [1.29, 1.82) is 0 Å². The summed E-state index contributed by atoms with van der Waals surface area (Å²) in [6, 6.07) is 9.97. The van der Waals surface area contributed by atoms with Gasteiger partial charge in [-0.15, -0.1) is 5.10 Å². The van der Waals surface area contributed by atoms with Crippen LogP contribution in [0.1, 0.15) is 17.0 Å². The van der Waals surface area contributed by atoms with E-state index in [-0.39, 0.29) is 12.3 Å². The maximum atomic E-state index is 10.8. The topological polar surface area (TPSA) is 73.8 Å². The first kappa shape index (κ1) is 11.3. The lowest BCUT2D eigenvalue weighted by Gasteiger charge is -2.03. The number of hydrogen-bond acceptors (Lipinski definition) is 3. The van der Waals surface area contributed by atoms with Gasteiger partial charge in [0.2, 0.25) is 5.91 Å². The van der Waals surface area contributed by atoms with Crippen LogP contribution in [0.25, 0.3) is 0 Å².